The van der Waals surface area contributed by atoms with Crippen LogP contribution in [0.5, 0.6) is 0 Å². The van der Waals surface area contributed by atoms with E-state index in [2.05, 4.69) is 29.1 Å². The zero-order valence-electron chi connectivity index (χ0n) is 23.1. The van der Waals surface area contributed by atoms with Gasteiger partial charge in [-0.3, -0.25) is 14.4 Å². The quantitative estimate of drug-likeness (QED) is 0.293. The van der Waals surface area contributed by atoms with E-state index in [-0.39, 0.29) is 42.2 Å². The number of fused-ring (bicyclic) bond motifs is 1. The molecule has 1 aromatic carbocycles. The van der Waals surface area contributed by atoms with Crippen LogP contribution in [-0.4, -0.2) is 88.0 Å². The van der Waals surface area contributed by atoms with Gasteiger partial charge in [-0.05, 0) is 50.3 Å². The Morgan fingerprint density at radius 1 is 1.23 bits per heavy atom. The summed E-state index contributed by atoms with van der Waals surface area (Å²) in [5.41, 5.74) is 1.55. The van der Waals surface area contributed by atoms with Crippen molar-refractivity contribution in [3.05, 3.63) is 54.6 Å². The number of aryl methyl sites for hydroxylation is 2. The van der Waals surface area contributed by atoms with Crippen LogP contribution >= 0.6 is 15.9 Å². The van der Waals surface area contributed by atoms with E-state index >= 15 is 0 Å². The van der Waals surface area contributed by atoms with Crippen molar-refractivity contribution in [1.29, 1.82) is 0 Å². The fourth-order valence-electron chi connectivity index (χ4n) is 6.69. The summed E-state index contributed by atoms with van der Waals surface area (Å²) < 4.78 is 6.65. The number of ether oxygens (including phenoxy) is 1. The minimum atomic E-state index is -1.15. The van der Waals surface area contributed by atoms with Crippen LogP contribution in [-0.2, 0) is 19.1 Å². The van der Waals surface area contributed by atoms with Gasteiger partial charge in [0.15, 0.2) is 0 Å². The highest BCUT2D eigenvalue weighted by Crippen LogP contribution is 2.60. The molecule has 8 nitrogen and oxygen atoms in total. The van der Waals surface area contributed by atoms with Crippen molar-refractivity contribution in [3.63, 3.8) is 0 Å². The highest BCUT2D eigenvalue weighted by atomic mass is 79.9. The summed E-state index contributed by atoms with van der Waals surface area (Å²) in [6.45, 7) is 14.9. The molecule has 0 saturated carbocycles. The summed E-state index contributed by atoms with van der Waals surface area (Å²) in [4.78, 5) is 47.5. The molecule has 212 valence electrons. The number of carbonyl (C=O) groups is 3. The third-order valence-electron chi connectivity index (χ3n) is 8.25. The summed E-state index contributed by atoms with van der Waals surface area (Å²) in [5.74, 6) is -2.13. The third kappa shape index (κ3) is 4.98. The molecule has 9 heteroatoms. The van der Waals surface area contributed by atoms with Crippen molar-refractivity contribution < 1.29 is 24.2 Å². The zero-order valence-corrected chi connectivity index (χ0v) is 24.7. The lowest BCUT2D eigenvalue weighted by Gasteiger charge is -2.37. The first-order chi connectivity index (χ1) is 18.7. The minimum absolute atomic E-state index is 0.119. The minimum Gasteiger partial charge on any atom is -0.396 e. The number of likely N-dealkylation sites (tertiary alicyclic amines) is 1. The van der Waals surface area contributed by atoms with E-state index in [9.17, 15) is 19.5 Å². The van der Waals surface area contributed by atoms with Gasteiger partial charge in [0.1, 0.15) is 11.6 Å². The lowest BCUT2D eigenvalue weighted by molar-refractivity contribution is -0.145. The molecule has 3 amide bonds. The molecule has 3 heterocycles. The molecule has 39 heavy (non-hydrogen) atoms. The Morgan fingerprint density at radius 2 is 1.95 bits per heavy atom. The van der Waals surface area contributed by atoms with Crippen molar-refractivity contribution >= 4 is 39.3 Å². The van der Waals surface area contributed by atoms with E-state index in [4.69, 9.17) is 4.74 Å². The summed E-state index contributed by atoms with van der Waals surface area (Å²) in [6.07, 6.45) is 4.38. The van der Waals surface area contributed by atoms with E-state index in [0.29, 0.717) is 25.9 Å². The Bertz CT molecular complexity index is 1140. The summed E-state index contributed by atoms with van der Waals surface area (Å²) in [6, 6.07) is 5.00. The van der Waals surface area contributed by atoms with Crippen LogP contribution in [0, 0.1) is 25.7 Å². The van der Waals surface area contributed by atoms with Gasteiger partial charge in [-0.25, -0.2) is 0 Å². The van der Waals surface area contributed by atoms with E-state index < -0.39 is 29.6 Å². The monoisotopic (exact) mass is 601 g/mol. The van der Waals surface area contributed by atoms with Gasteiger partial charge in [0.25, 0.3) is 5.91 Å². The van der Waals surface area contributed by atoms with Crippen molar-refractivity contribution in [3.8, 4) is 0 Å². The number of hydrogen-bond acceptors (Lipinski definition) is 5. The molecule has 4 rings (SSSR count). The number of alkyl halides is 1. The SMILES string of the molecule is C=CCN(CCC)C(=O)[C@H]1[C@H]2C(=O)N(CCCO)C(C(=O)N(CC=C)c3cc(C)ccc3C)C23CC(Br)[C@@H]1O3. The number of nitrogens with zero attached hydrogens (tertiary/aromatic N) is 3. The molecule has 0 aromatic heterocycles. The molecule has 1 N–H and O–H groups in total. The van der Waals surface area contributed by atoms with E-state index in [1.165, 1.54) is 0 Å². The largest absolute Gasteiger partial charge is 0.396 e. The van der Waals surface area contributed by atoms with Crippen molar-refractivity contribution in [2.24, 2.45) is 11.8 Å². The van der Waals surface area contributed by atoms with Gasteiger partial charge < -0.3 is 24.5 Å². The maximum Gasteiger partial charge on any atom is 0.253 e. The Morgan fingerprint density at radius 3 is 2.59 bits per heavy atom. The van der Waals surface area contributed by atoms with Gasteiger partial charge in [-0.2, -0.15) is 0 Å². The second kappa shape index (κ2) is 11.9. The van der Waals surface area contributed by atoms with Gasteiger partial charge >= 0.3 is 0 Å². The van der Waals surface area contributed by atoms with Crippen LogP contribution in [0.15, 0.2) is 43.5 Å². The number of halogens is 1. The maximum atomic E-state index is 14.6. The fourth-order valence-corrected chi connectivity index (χ4v) is 7.64. The molecule has 0 radical (unpaired) electrons. The smallest absolute Gasteiger partial charge is 0.253 e. The topological polar surface area (TPSA) is 90.4 Å². The summed E-state index contributed by atoms with van der Waals surface area (Å²) in [7, 11) is 0. The van der Waals surface area contributed by atoms with Crippen molar-refractivity contribution in [2.75, 3.05) is 37.7 Å². The number of benzene rings is 1. The number of anilines is 1. The molecule has 3 saturated heterocycles. The van der Waals surface area contributed by atoms with E-state index in [0.717, 1.165) is 23.2 Å². The van der Waals surface area contributed by atoms with E-state index in [1.807, 2.05) is 39.0 Å². The van der Waals surface area contributed by atoms with Gasteiger partial charge in [0.2, 0.25) is 11.8 Å². The first kappa shape index (κ1) is 29.5. The number of hydrogen-bond donors (Lipinski definition) is 1. The average Bonchev–Trinajstić information content (AvgIpc) is 3.50. The molecule has 3 aliphatic rings. The van der Waals surface area contributed by atoms with Crippen LogP contribution in [0.1, 0.15) is 37.3 Å². The molecule has 3 fully saturated rings. The van der Waals surface area contributed by atoms with E-state index in [1.54, 1.807) is 26.9 Å². The second-order valence-electron chi connectivity index (χ2n) is 10.9. The highest BCUT2D eigenvalue weighted by Gasteiger charge is 2.76. The Balaban J connectivity index is 1.81. The molecule has 1 spiro atoms. The first-order valence-electron chi connectivity index (χ1n) is 13.8. The summed E-state index contributed by atoms with van der Waals surface area (Å²) in [5, 5.41) is 9.63. The predicted octanol–water partition coefficient (Wildman–Crippen LogP) is 3.38. The van der Waals surface area contributed by atoms with Gasteiger partial charge in [0, 0.05) is 43.3 Å². The van der Waals surface area contributed by atoms with Crippen LogP contribution in [0.3, 0.4) is 0 Å². The zero-order chi connectivity index (χ0) is 28.5. The number of aliphatic hydroxyl groups excluding tert-OH is 1. The highest BCUT2D eigenvalue weighted by molar-refractivity contribution is 9.09. The average molecular weight is 603 g/mol. The van der Waals surface area contributed by atoms with Crippen LogP contribution < -0.4 is 4.90 Å². The van der Waals surface area contributed by atoms with Crippen molar-refractivity contribution in [2.45, 2.75) is 62.6 Å². The van der Waals surface area contributed by atoms with Crippen LogP contribution in [0.25, 0.3) is 0 Å². The Labute approximate surface area is 239 Å². The molecule has 3 unspecified atom stereocenters. The number of carbonyl (C=O) groups excluding carboxylic acids is 3. The molecular formula is C30H40BrN3O5. The predicted molar refractivity (Wildman–Crippen MR) is 155 cm³/mol. The molecule has 2 bridgehead atoms. The number of aliphatic hydroxyl groups is 1. The van der Waals surface area contributed by atoms with Gasteiger partial charge in [0.05, 0.1) is 17.9 Å². The molecule has 6 atom stereocenters. The number of rotatable bonds is 12. The lowest BCUT2D eigenvalue weighted by Crippen LogP contribution is -2.57. The standard InChI is InChI=1S/C30H40BrN3O5/c1-6-12-32(13-7-2)27(36)23-24-28(37)34(15-9-16-35)26(30(24)18-21(31)25(23)39-30)29(38)33(14-8-3)22-17-19(4)10-11-20(22)5/h6,8,10-11,17,21,23-26,35H,1,3,7,9,12-16,18H2,2,4-5H3/t21?,23-,24-,25-,26?,30?/m0/s1. The molecule has 1 aromatic rings. The normalized spacial score (nSPS) is 28.9. The molecule has 3 aliphatic heterocycles. The lowest BCUT2D eigenvalue weighted by atomic mass is 9.70. The van der Waals surface area contributed by atoms with Crippen molar-refractivity contribution in [1.82, 2.24) is 9.80 Å². The first-order valence-corrected chi connectivity index (χ1v) is 14.7. The molecular weight excluding hydrogens is 562 g/mol. The number of amides is 3. The van der Waals surface area contributed by atoms with Gasteiger partial charge in [-0.15, -0.1) is 13.2 Å². The Kier molecular flexibility index (Phi) is 9.03. The molecule has 0 aliphatic carbocycles. The fraction of sp³-hybridized carbons (Fsp3) is 0.567. The maximum absolute atomic E-state index is 14.6. The van der Waals surface area contributed by atoms with Crippen LogP contribution in [0.2, 0.25) is 0 Å². The Hall–Kier alpha value is -2.49. The summed E-state index contributed by atoms with van der Waals surface area (Å²) >= 11 is 3.74. The second-order valence-corrected chi connectivity index (χ2v) is 12.0. The van der Waals surface area contributed by atoms with Crippen LogP contribution in [0.4, 0.5) is 5.69 Å². The van der Waals surface area contributed by atoms with Gasteiger partial charge in [-0.1, -0.05) is 47.1 Å². The third-order valence-corrected chi connectivity index (χ3v) is 9.10.